The summed E-state index contributed by atoms with van der Waals surface area (Å²) < 4.78 is 17.0. The van der Waals surface area contributed by atoms with Crippen LogP contribution in [-0.4, -0.2) is 25.4 Å². The summed E-state index contributed by atoms with van der Waals surface area (Å²) in [7, 11) is 3.19. The molecule has 0 radical (unpaired) electrons. The number of phenolic OH excluding ortho intramolecular Hbond substituents is 1. The largest absolute Gasteiger partial charge is 0.507 e. The van der Waals surface area contributed by atoms with Crippen LogP contribution >= 0.6 is 0 Å². The second kappa shape index (κ2) is 6.82. The lowest BCUT2D eigenvalue weighted by atomic mass is 9.98. The first-order valence-corrected chi connectivity index (χ1v) is 7.60. The zero-order valence-corrected chi connectivity index (χ0v) is 14.6. The van der Waals surface area contributed by atoms with Gasteiger partial charge in [-0.15, -0.1) is 0 Å². The van der Waals surface area contributed by atoms with Crippen molar-refractivity contribution in [3.63, 3.8) is 0 Å². The van der Waals surface area contributed by atoms with E-state index < -0.39 is 0 Å². The number of ether oxygens (including phenoxy) is 3. The summed E-state index contributed by atoms with van der Waals surface area (Å²) in [5, 5.41) is 10.5. The maximum Gasteiger partial charge on any atom is 0.131 e. The van der Waals surface area contributed by atoms with Crippen molar-refractivity contribution in [2.75, 3.05) is 14.2 Å². The van der Waals surface area contributed by atoms with Gasteiger partial charge in [0.2, 0.25) is 0 Å². The molecule has 0 unspecified atom stereocenters. The molecule has 0 spiro atoms. The third-order valence-corrected chi connectivity index (χ3v) is 3.49. The average molecular weight is 316 g/mol. The van der Waals surface area contributed by atoms with Gasteiger partial charge in [0.05, 0.1) is 31.5 Å². The Morgan fingerprint density at radius 3 is 1.78 bits per heavy atom. The maximum absolute atomic E-state index is 10.5. The van der Waals surface area contributed by atoms with E-state index in [-0.39, 0.29) is 11.9 Å². The molecule has 0 aliphatic heterocycles. The maximum atomic E-state index is 10.5. The Bertz CT molecular complexity index is 705. The normalized spacial score (nSPS) is 10.7. The fourth-order valence-corrected chi connectivity index (χ4v) is 2.62. The second-order valence-electron chi connectivity index (χ2n) is 5.87. The highest BCUT2D eigenvalue weighted by atomic mass is 16.5. The molecule has 4 nitrogen and oxygen atoms in total. The van der Waals surface area contributed by atoms with E-state index in [4.69, 9.17) is 14.2 Å². The highest BCUT2D eigenvalue weighted by Gasteiger charge is 2.22. The summed E-state index contributed by atoms with van der Waals surface area (Å²) in [5.41, 5.74) is 3.21. The van der Waals surface area contributed by atoms with E-state index in [9.17, 15) is 5.11 Å². The van der Waals surface area contributed by atoms with Gasteiger partial charge in [-0.05, 0) is 63.1 Å². The van der Waals surface area contributed by atoms with Crippen molar-refractivity contribution in [1.82, 2.24) is 0 Å². The van der Waals surface area contributed by atoms with Gasteiger partial charge in [-0.3, -0.25) is 0 Å². The number of benzene rings is 2. The summed E-state index contributed by atoms with van der Waals surface area (Å²) in [4.78, 5) is 0. The zero-order valence-electron chi connectivity index (χ0n) is 14.6. The fourth-order valence-electron chi connectivity index (χ4n) is 2.62. The van der Waals surface area contributed by atoms with Gasteiger partial charge in [0.15, 0.2) is 0 Å². The van der Waals surface area contributed by atoms with Crippen LogP contribution in [0, 0.1) is 13.8 Å². The van der Waals surface area contributed by atoms with Crippen molar-refractivity contribution < 1.29 is 19.3 Å². The van der Waals surface area contributed by atoms with Gasteiger partial charge in [0, 0.05) is 0 Å². The molecule has 0 amide bonds. The third-order valence-electron chi connectivity index (χ3n) is 3.49. The van der Waals surface area contributed by atoms with Crippen molar-refractivity contribution in [2.24, 2.45) is 0 Å². The fraction of sp³-hybridized carbons (Fsp3) is 0.368. The molecule has 23 heavy (non-hydrogen) atoms. The van der Waals surface area contributed by atoms with Gasteiger partial charge >= 0.3 is 0 Å². The molecular weight excluding hydrogens is 292 g/mol. The van der Waals surface area contributed by atoms with Crippen molar-refractivity contribution in [3.05, 3.63) is 35.4 Å². The molecule has 0 saturated carbocycles. The van der Waals surface area contributed by atoms with E-state index in [1.807, 2.05) is 45.9 Å². The first-order valence-electron chi connectivity index (χ1n) is 7.60. The minimum atomic E-state index is -0.00107. The predicted octanol–water partition coefficient (Wildman–Crippen LogP) is 4.48. The minimum absolute atomic E-state index is 0.00107. The van der Waals surface area contributed by atoms with Crippen LogP contribution in [0.4, 0.5) is 0 Å². The van der Waals surface area contributed by atoms with Crippen LogP contribution in [0.15, 0.2) is 24.3 Å². The molecule has 0 bridgehead atoms. The molecule has 0 aliphatic carbocycles. The van der Waals surface area contributed by atoms with Crippen LogP contribution in [0.3, 0.4) is 0 Å². The molecule has 0 atom stereocenters. The van der Waals surface area contributed by atoms with E-state index in [1.54, 1.807) is 20.3 Å². The topological polar surface area (TPSA) is 47.9 Å². The molecule has 0 fully saturated rings. The summed E-state index contributed by atoms with van der Waals surface area (Å²) in [6, 6.07) is 7.45. The minimum Gasteiger partial charge on any atom is -0.507 e. The predicted molar refractivity (Wildman–Crippen MR) is 91.9 cm³/mol. The Morgan fingerprint density at radius 1 is 0.783 bits per heavy atom. The Kier molecular flexibility index (Phi) is 5.04. The van der Waals surface area contributed by atoms with Crippen molar-refractivity contribution in [3.8, 4) is 34.1 Å². The van der Waals surface area contributed by atoms with Gasteiger partial charge in [0.25, 0.3) is 0 Å². The molecule has 0 saturated heterocycles. The molecule has 2 rings (SSSR count). The average Bonchev–Trinajstić information content (AvgIpc) is 2.46. The molecule has 124 valence electrons. The zero-order chi connectivity index (χ0) is 17.1. The Balaban J connectivity index is 2.81. The SMILES string of the molecule is COc1cc(C)cc(O)c1-c1c(OC)cc(C)cc1OC(C)C. The summed E-state index contributed by atoms with van der Waals surface area (Å²) in [6.07, 6.45) is -0.00107. The quantitative estimate of drug-likeness (QED) is 0.883. The second-order valence-corrected chi connectivity index (χ2v) is 5.87. The smallest absolute Gasteiger partial charge is 0.131 e. The van der Waals surface area contributed by atoms with E-state index in [2.05, 4.69) is 0 Å². The molecule has 0 heterocycles. The van der Waals surface area contributed by atoms with Crippen LogP contribution < -0.4 is 14.2 Å². The molecule has 1 N–H and O–H groups in total. The lowest BCUT2D eigenvalue weighted by molar-refractivity contribution is 0.242. The highest BCUT2D eigenvalue weighted by Crippen LogP contribution is 2.48. The number of aryl methyl sites for hydroxylation is 2. The summed E-state index contributed by atoms with van der Waals surface area (Å²) in [6.45, 7) is 7.81. The van der Waals surface area contributed by atoms with Crippen molar-refractivity contribution >= 4 is 0 Å². The van der Waals surface area contributed by atoms with Gasteiger partial charge in [0.1, 0.15) is 23.0 Å². The number of hydrogen-bond donors (Lipinski definition) is 1. The summed E-state index contributed by atoms with van der Waals surface area (Å²) >= 11 is 0. The Hall–Kier alpha value is -2.36. The van der Waals surface area contributed by atoms with E-state index >= 15 is 0 Å². The first-order chi connectivity index (χ1) is 10.9. The van der Waals surface area contributed by atoms with Gasteiger partial charge in [-0.2, -0.15) is 0 Å². The number of rotatable bonds is 5. The lowest BCUT2D eigenvalue weighted by Gasteiger charge is -2.20. The summed E-state index contributed by atoms with van der Waals surface area (Å²) in [5.74, 6) is 2.02. The van der Waals surface area contributed by atoms with E-state index in [1.165, 1.54) is 0 Å². The van der Waals surface area contributed by atoms with E-state index in [0.717, 1.165) is 11.1 Å². The standard InChI is InChI=1S/C19H24O4/c1-11(2)23-17-10-13(4)9-16(22-6)19(17)18-14(20)7-12(3)8-15(18)21-5/h7-11,20H,1-6H3. The molecule has 0 aromatic heterocycles. The van der Waals surface area contributed by atoms with Crippen molar-refractivity contribution in [1.29, 1.82) is 0 Å². The van der Waals surface area contributed by atoms with E-state index in [0.29, 0.717) is 28.4 Å². The number of hydrogen-bond acceptors (Lipinski definition) is 4. The first kappa shape index (κ1) is 17.0. The van der Waals surface area contributed by atoms with Gasteiger partial charge in [-0.25, -0.2) is 0 Å². The van der Waals surface area contributed by atoms with Crippen LogP contribution in [0.5, 0.6) is 23.0 Å². The van der Waals surface area contributed by atoms with Crippen LogP contribution in [-0.2, 0) is 0 Å². The monoisotopic (exact) mass is 316 g/mol. The van der Waals surface area contributed by atoms with Crippen LogP contribution in [0.2, 0.25) is 0 Å². The van der Waals surface area contributed by atoms with Crippen molar-refractivity contribution in [2.45, 2.75) is 33.8 Å². The Labute approximate surface area is 137 Å². The number of aromatic hydroxyl groups is 1. The number of phenols is 1. The van der Waals surface area contributed by atoms with Gasteiger partial charge < -0.3 is 19.3 Å². The van der Waals surface area contributed by atoms with Gasteiger partial charge in [-0.1, -0.05) is 0 Å². The van der Waals surface area contributed by atoms with Crippen LogP contribution in [0.25, 0.3) is 11.1 Å². The molecule has 4 heteroatoms. The lowest BCUT2D eigenvalue weighted by Crippen LogP contribution is -2.08. The molecular formula is C19H24O4. The molecule has 2 aromatic rings. The highest BCUT2D eigenvalue weighted by molar-refractivity contribution is 5.86. The Morgan fingerprint density at radius 2 is 1.26 bits per heavy atom. The van der Waals surface area contributed by atoms with Crippen LogP contribution in [0.1, 0.15) is 25.0 Å². The molecule has 2 aromatic carbocycles. The third kappa shape index (κ3) is 3.52. The molecule has 0 aliphatic rings. The number of methoxy groups -OCH3 is 2.